The van der Waals surface area contributed by atoms with Crippen molar-refractivity contribution in [1.29, 1.82) is 0 Å². The minimum atomic E-state index is -0.214. The van der Waals surface area contributed by atoms with Crippen LogP contribution in [0, 0.1) is 0 Å². The van der Waals surface area contributed by atoms with E-state index in [1.54, 1.807) is 6.92 Å². The topological polar surface area (TPSA) is 112 Å². The van der Waals surface area contributed by atoms with E-state index in [-0.39, 0.29) is 35.4 Å². The quantitative estimate of drug-likeness (QED) is 0.188. The van der Waals surface area contributed by atoms with Gasteiger partial charge in [0, 0.05) is 36.0 Å². The molecule has 9 nitrogen and oxygen atoms in total. The molecule has 0 fully saturated rings. The summed E-state index contributed by atoms with van der Waals surface area (Å²) in [6.45, 7) is 9.65. The van der Waals surface area contributed by atoms with Gasteiger partial charge in [-0.05, 0) is 6.92 Å². The zero-order chi connectivity index (χ0) is 25.4. The second-order valence-corrected chi connectivity index (χ2v) is 7.18. The van der Waals surface area contributed by atoms with Gasteiger partial charge in [-0.25, -0.2) is 0 Å². The van der Waals surface area contributed by atoms with Crippen LogP contribution in [0.5, 0.6) is 0 Å². The van der Waals surface area contributed by atoms with Crippen LogP contribution in [0.3, 0.4) is 0 Å². The van der Waals surface area contributed by atoms with Crippen LogP contribution in [0.25, 0.3) is 0 Å². The first-order valence-corrected chi connectivity index (χ1v) is 14.0. The lowest BCUT2D eigenvalue weighted by atomic mass is 10.3. The number of amides is 6. The average molecular weight is 779 g/mol. The molecular formula is C20H26I3N3O6. The fourth-order valence-corrected chi connectivity index (χ4v) is 3.84. The highest BCUT2D eigenvalue weighted by molar-refractivity contribution is 14.1. The van der Waals surface area contributed by atoms with Crippen molar-refractivity contribution in [3.63, 3.8) is 0 Å². The van der Waals surface area contributed by atoms with Crippen LogP contribution in [-0.4, -0.2) is 63.8 Å². The molecule has 0 N–H and O–H groups in total. The molecule has 3 aliphatic rings. The average Bonchev–Trinajstić information content (AvgIpc) is 3.39. The van der Waals surface area contributed by atoms with Gasteiger partial charge >= 0.3 is 0 Å². The largest absolute Gasteiger partial charge is 0.269 e. The smallest absolute Gasteiger partial charge is 0.257 e. The monoisotopic (exact) mass is 779 g/mol. The van der Waals surface area contributed by atoms with Crippen LogP contribution in [-0.2, 0) is 28.8 Å². The molecule has 0 aromatic heterocycles. The predicted molar refractivity (Wildman–Crippen MR) is 147 cm³/mol. The lowest BCUT2D eigenvalue weighted by molar-refractivity contribution is -0.137. The van der Waals surface area contributed by atoms with Crippen molar-refractivity contribution in [3.05, 3.63) is 36.0 Å². The van der Waals surface area contributed by atoms with Crippen molar-refractivity contribution in [3.8, 4) is 0 Å². The Hall–Kier alpha value is -1.17. The summed E-state index contributed by atoms with van der Waals surface area (Å²) in [5.41, 5.74) is 0.529. The molecule has 0 saturated heterocycles. The number of hydrogen-bond donors (Lipinski definition) is 0. The molecule has 0 aliphatic carbocycles. The Kier molecular flexibility index (Phi) is 18.9. The molecule has 0 unspecified atom stereocenters. The SMILES string of the molecule is CC.CC.CC1=CC(=O)N(C[125I])C1=O.O=C1C=CC(=O)N1C[125I].O=C1C=CC(=O)N1C[125I]. The van der Waals surface area contributed by atoms with Crippen LogP contribution in [0.1, 0.15) is 34.6 Å². The van der Waals surface area contributed by atoms with Crippen molar-refractivity contribution in [2.24, 2.45) is 0 Å². The van der Waals surface area contributed by atoms with Crippen molar-refractivity contribution in [1.82, 2.24) is 14.7 Å². The molecule has 0 spiro atoms. The molecule has 0 radical (unpaired) electrons. The first kappa shape index (κ1) is 33.0. The van der Waals surface area contributed by atoms with E-state index in [2.05, 4.69) is 0 Å². The minimum Gasteiger partial charge on any atom is -0.269 e. The van der Waals surface area contributed by atoms with E-state index in [0.717, 1.165) is 0 Å². The maximum Gasteiger partial charge on any atom is 0.257 e. The fourth-order valence-electron chi connectivity index (χ4n) is 1.85. The van der Waals surface area contributed by atoms with E-state index in [4.69, 9.17) is 0 Å². The molecule has 12 heteroatoms. The Morgan fingerprint density at radius 3 is 0.969 bits per heavy atom. The highest BCUT2D eigenvalue weighted by Crippen LogP contribution is 2.12. The standard InChI is InChI=1S/C6H6INO2.2C5H4INO2.2C2H6/c1-4-2-5(9)8(3-7)6(4)10;2*6-3-7-4(8)1-2-5(7)9;2*1-2/h2H,3H2,1H3;2*1-2H,3H2;2*1-2H3/i7-2;2*6-2;;. The van der Waals surface area contributed by atoms with Crippen LogP contribution >= 0.6 is 67.8 Å². The Labute approximate surface area is 229 Å². The molecule has 178 valence electrons. The number of rotatable bonds is 3. The summed E-state index contributed by atoms with van der Waals surface area (Å²) in [6, 6.07) is 0. The summed E-state index contributed by atoms with van der Waals surface area (Å²) in [5, 5.41) is 0. The van der Waals surface area contributed by atoms with E-state index in [1.807, 2.05) is 95.5 Å². The van der Waals surface area contributed by atoms with Crippen LogP contribution in [0.15, 0.2) is 36.0 Å². The zero-order valence-corrected chi connectivity index (χ0v) is 24.9. The second-order valence-electron chi connectivity index (χ2n) is 5.13. The van der Waals surface area contributed by atoms with Crippen LogP contribution < -0.4 is 0 Å². The number of carbonyl (C=O) groups is 6. The summed E-state index contributed by atoms with van der Waals surface area (Å²) in [5.74, 6) is -1.22. The third-order valence-corrected chi connectivity index (χ3v) is 5.39. The van der Waals surface area contributed by atoms with E-state index in [0.29, 0.717) is 19.2 Å². The number of carbonyl (C=O) groups excluding carboxylic acids is 6. The predicted octanol–water partition coefficient (Wildman–Crippen LogP) is 3.35. The maximum atomic E-state index is 11.0. The lowest BCUT2D eigenvalue weighted by Gasteiger charge is -2.08. The number of hydrogen-bond acceptors (Lipinski definition) is 6. The number of alkyl halides is 3. The van der Waals surface area contributed by atoms with E-state index >= 15 is 0 Å². The Bertz CT molecular complexity index is 730. The summed E-state index contributed by atoms with van der Waals surface area (Å²) < 4.78 is 1.30. The Morgan fingerprint density at radius 1 is 0.562 bits per heavy atom. The molecule has 3 aliphatic heterocycles. The van der Waals surface area contributed by atoms with E-state index in [9.17, 15) is 28.8 Å². The first-order valence-electron chi connectivity index (χ1n) is 9.47. The molecule has 0 saturated carbocycles. The van der Waals surface area contributed by atoms with Gasteiger partial charge in [-0.3, -0.25) is 43.5 Å². The number of nitrogens with zero attached hydrogens (tertiary/aromatic N) is 3. The number of imide groups is 3. The summed E-state index contributed by atoms with van der Waals surface area (Å²) in [7, 11) is 0. The molecule has 0 aromatic carbocycles. The van der Waals surface area contributed by atoms with Gasteiger partial charge in [0.05, 0.1) is 13.7 Å². The normalized spacial score (nSPS) is 16.0. The third kappa shape index (κ3) is 10.2. The molecule has 0 aromatic rings. The third-order valence-electron chi connectivity index (χ3n) is 3.35. The molecular weight excluding hydrogens is 753 g/mol. The van der Waals surface area contributed by atoms with Crippen molar-refractivity contribution in [2.75, 3.05) is 13.7 Å². The Balaban J connectivity index is 0. The molecule has 3 heterocycles. The van der Waals surface area contributed by atoms with Gasteiger partial charge in [-0.2, -0.15) is 0 Å². The highest BCUT2D eigenvalue weighted by atomic mass is 125. The van der Waals surface area contributed by atoms with Gasteiger partial charge in [-0.1, -0.05) is 95.5 Å². The fraction of sp³-hybridized carbons (Fsp3) is 0.400. The summed E-state index contributed by atoms with van der Waals surface area (Å²) in [4.78, 5) is 67.9. The summed E-state index contributed by atoms with van der Waals surface area (Å²) >= 11 is 5.91. The van der Waals surface area contributed by atoms with Crippen LogP contribution in [0.4, 0.5) is 0 Å². The van der Waals surface area contributed by atoms with E-state index < -0.39 is 0 Å². The molecule has 0 bridgehead atoms. The highest BCUT2D eigenvalue weighted by Gasteiger charge is 2.26. The van der Waals surface area contributed by atoms with Gasteiger partial charge < -0.3 is 0 Å². The molecule has 6 amide bonds. The van der Waals surface area contributed by atoms with Gasteiger partial charge in [-0.15, -0.1) is 0 Å². The van der Waals surface area contributed by atoms with Crippen molar-refractivity contribution >= 4 is 103 Å². The molecule has 32 heavy (non-hydrogen) atoms. The van der Waals surface area contributed by atoms with Gasteiger partial charge in [0.1, 0.15) is 0 Å². The Morgan fingerprint density at radius 2 is 0.844 bits per heavy atom. The second kappa shape index (κ2) is 18.3. The zero-order valence-electron chi connectivity index (χ0n) is 18.4. The van der Waals surface area contributed by atoms with Crippen molar-refractivity contribution in [2.45, 2.75) is 34.6 Å². The van der Waals surface area contributed by atoms with Crippen molar-refractivity contribution < 1.29 is 28.8 Å². The van der Waals surface area contributed by atoms with E-state index in [1.165, 1.54) is 45.1 Å². The summed E-state index contributed by atoms with van der Waals surface area (Å²) in [6.07, 6.45) is 6.48. The lowest BCUT2D eigenvalue weighted by Crippen LogP contribution is -2.28. The van der Waals surface area contributed by atoms with Gasteiger partial charge in [0.25, 0.3) is 35.4 Å². The number of halogens is 3. The molecule has 0 atom stereocenters. The van der Waals surface area contributed by atoms with Crippen LogP contribution in [0.2, 0.25) is 0 Å². The minimum absolute atomic E-state index is 0.167. The molecule has 3 rings (SSSR count). The first-order chi connectivity index (χ1) is 15.2. The van der Waals surface area contributed by atoms with Gasteiger partial charge in [0.2, 0.25) is 0 Å². The maximum absolute atomic E-state index is 11.0. The van der Waals surface area contributed by atoms with Gasteiger partial charge in [0.15, 0.2) is 0 Å².